The summed E-state index contributed by atoms with van der Waals surface area (Å²) in [6.07, 6.45) is 11.8. The van der Waals surface area contributed by atoms with Gasteiger partial charge >= 0.3 is 5.97 Å². The Bertz CT molecular complexity index is 515. The van der Waals surface area contributed by atoms with Crippen LogP contribution in [0, 0.1) is 0 Å². The highest BCUT2D eigenvalue weighted by Crippen LogP contribution is 2.15. The highest BCUT2D eigenvalue weighted by molar-refractivity contribution is 5.69. The van der Waals surface area contributed by atoms with Crippen molar-refractivity contribution in [3.63, 3.8) is 0 Å². The van der Waals surface area contributed by atoms with Gasteiger partial charge in [0.1, 0.15) is 19.0 Å². The van der Waals surface area contributed by atoms with Crippen LogP contribution in [0.25, 0.3) is 0 Å². The molecule has 0 heterocycles. The molecule has 1 aromatic rings. The fourth-order valence-corrected chi connectivity index (χ4v) is 3.07. The standard InChI is InChI=1S/C25H42O5/c1-3-5-6-7-8-9-10-12-23-13-15-24(16-14-23)29-21-19-27-17-18-28-20-22-30-25(26)11-4-2/h13-16H,3-12,17-22H2,1-2H3. The van der Waals surface area contributed by atoms with E-state index >= 15 is 0 Å². The lowest BCUT2D eigenvalue weighted by molar-refractivity contribution is -0.145. The van der Waals surface area contributed by atoms with Crippen molar-refractivity contribution >= 4 is 5.97 Å². The summed E-state index contributed by atoms with van der Waals surface area (Å²) in [5, 5.41) is 0. The molecular weight excluding hydrogens is 380 g/mol. The Labute approximate surface area is 183 Å². The third-order valence-corrected chi connectivity index (χ3v) is 4.81. The van der Waals surface area contributed by atoms with Gasteiger partial charge in [-0.1, -0.05) is 64.5 Å². The van der Waals surface area contributed by atoms with E-state index in [1.54, 1.807) is 0 Å². The van der Waals surface area contributed by atoms with Gasteiger partial charge in [-0.2, -0.15) is 0 Å². The lowest BCUT2D eigenvalue weighted by atomic mass is 10.0. The molecule has 0 aliphatic heterocycles. The Morgan fingerprint density at radius 1 is 0.700 bits per heavy atom. The third-order valence-electron chi connectivity index (χ3n) is 4.81. The maximum absolute atomic E-state index is 11.2. The van der Waals surface area contributed by atoms with Crippen molar-refractivity contribution in [2.24, 2.45) is 0 Å². The molecule has 0 spiro atoms. The molecule has 5 nitrogen and oxygen atoms in total. The van der Waals surface area contributed by atoms with Gasteiger partial charge in [0.2, 0.25) is 0 Å². The summed E-state index contributed by atoms with van der Waals surface area (Å²) in [5.41, 5.74) is 1.38. The minimum Gasteiger partial charge on any atom is -0.491 e. The van der Waals surface area contributed by atoms with Crippen LogP contribution in [0.4, 0.5) is 0 Å². The molecule has 0 aliphatic carbocycles. The zero-order valence-corrected chi connectivity index (χ0v) is 19.2. The number of unbranched alkanes of at least 4 members (excludes halogenated alkanes) is 6. The number of rotatable bonds is 20. The average molecular weight is 423 g/mol. The average Bonchev–Trinajstić information content (AvgIpc) is 2.75. The number of carbonyl (C=O) groups excluding carboxylic acids is 1. The molecule has 0 amide bonds. The Kier molecular flexibility index (Phi) is 17.1. The number of ether oxygens (including phenoxy) is 4. The molecule has 0 atom stereocenters. The van der Waals surface area contributed by atoms with Crippen molar-refractivity contribution in [1.29, 1.82) is 0 Å². The van der Waals surface area contributed by atoms with Crippen LogP contribution < -0.4 is 4.74 Å². The maximum atomic E-state index is 11.2. The van der Waals surface area contributed by atoms with E-state index in [0.29, 0.717) is 46.1 Å². The molecule has 0 radical (unpaired) electrons. The normalized spacial score (nSPS) is 10.9. The van der Waals surface area contributed by atoms with Crippen LogP contribution >= 0.6 is 0 Å². The molecule has 0 unspecified atom stereocenters. The quantitative estimate of drug-likeness (QED) is 0.198. The number of esters is 1. The summed E-state index contributed by atoms with van der Waals surface area (Å²) in [4.78, 5) is 11.2. The molecule has 0 saturated carbocycles. The minimum absolute atomic E-state index is 0.166. The van der Waals surface area contributed by atoms with Crippen molar-refractivity contribution in [2.45, 2.75) is 78.1 Å². The van der Waals surface area contributed by atoms with Gasteiger partial charge in [-0.25, -0.2) is 0 Å². The van der Waals surface area contributed by atoms with Crippen LogP contribution in [0.5, 0.6) is 5.75 Å². The second kappa shape index (κ2) is 19.4. The summed E-state index contributed by atoms with van der Waals surface area (Å²) in [6, 6.07) is 8.40. The highest BCUT2D eigenvalue weighted by Gasteiger charge is 2.00. The zero-order chi connectivity index (χ0) is 21.7. The fourth-order valence-electron chi connectivity index (χ4n) is 3.07. The van der Waals surface area contributed by atoms with Gasteiger partial charge < -0.3 is 18.9 Å². The topological polar surface area (TPSA) is 54.0 Å². The molecule has 1 rings (SSSR count). The molecule has 30 heavy (non-hydrogen) atoms. The molecule has 0 bridgehead atoms. The summed E-state index contributed by atoms with van der Waals surface area (Å²) >= 11 is 0. The van der Waals surface area contributed by atoms with Crippen molar-refractivity contribution in [2.75, 3.05) is 39.6 Å². The number of hydrogen-bond acceptors (Lipinski definition) is 5. The predicted octanol–water partition coefficient (Wildman–Crippen LogP) is 5.74. The van der Waals surface area contributed by atoms with E-state index in [1.807, 2.05) is 19.1 Å². The van der Waals surface area contributed by atoms with E-state index in [9.17, 15) is 4.79 Å². The van der Waals surface area contributed by atoms with Crippen molar-refractivity contribution in [1.82, 2.24) is 0 Å². The Morgan fingerprint density at radius 3 is 1.97 bits per heavy atom. The van der Waals surface area contributed by atoms with Crippen LogP contribution in [0.1, 0.15) is 77.2 Å². The summed E-state index contributed by atoms with van der Waals surface area (Å²) in [7, 11) is 0. The van der Waals surface area contributed by atoms with E-state index < -0.39 is 0 Å². The van der Waals surface area contributed by atoms with Crippen molar-refractivity contribution in [3.8, 4) is 5.75 Å². The highest BCUT2D eigenvalue weighted by atomic mass is 16.6. The molecule has 1 aromatic carbocycles. The summed E-state index contributed by atoms with van der Waals surface area (Å²) < 4.78 is 21.6. The number of aryl methyl sites for hydroxylation is 1. The van der Waals surface area contributed by atoms with Crippen LogP contribution in [0.2, 0.25) is 0 Å². The van der Waals surface area contributed by atoms with E-state index in [-0.39, 0.29) is 5.97 Å². The van der Waals surface area contributed by atoms with Gasteiger partial charge in [-0.3, -0.25) is 4.79 Å². The van der Waals surface area contributed by atoms with E-state index in [1.165, 1.54) is 50.5 Å². The molecule has 0 fully saturated rings. The lowest BCUT2D eigenvalue weighted by Crippen LogP contribution is -2.14. The monoisotopic (exact) mass is 422 g/mol. The molecule has 0 aliphatic rings. The number of benzene rings is 1. The first kappa shape index (κ1) is 26.4. The molecule has 0 aromatic heterocycles. The molecule has 0 N–H and O–H groups in total. The van der Waals surface area contributed by atoms with Gasteiger partial charge in [-0.15, -0.1) is 0 Å². The SMILES string of the molecule is CCCCCCCCCc1ccc(OCCOCCOCCOC(=O)CCC)cc1. The second-order valence-electron chi connectivity index (χ2n) is 7.56. The van der Waals surface area contributed by atoms with Gasteiger partial charge in [0.05, 0.1) is 26.4 Å². The summed E-state index contributed by atoms with van der Waals surface area (Å²) in [6.45, 7) is 6.95. The minimum atomic E-state index is -0.166. The van der Waals surface area contributed by atoms with Crippen LogP contribution in [0.3, 0.4) is 0 Å². The fraction of sp³-hybridized carbons (Fsp3) is 0.720. The first-order chi connectivity index (χ1) is 14.8. The van der Waals surface area contributed by atoms with Gasteiger partial charge in [0.15, 0.2) is 0 Å². The predicted molar refractivity (Wildman–Crippen MR) is 121 cm³/mol. The molecule has 0 saturated heterocycles. The van der Waals surface area contributed by atoms with E-state index in [2.05, 4.69) is 19.1 Å². The van der Waals surface area contributed by atoms with Gasteiger partial charge in [-0.05, 0) is 37.0 Å². The van der Waals surface area contributed by atoms with Crippen LogP contribution in [-0.4, -0.2) is 45.6 Å². The first-order valence-corrected chi connectivity index (χ1v) is 11.8. The van der Waals surface area contributed by atoms with Gasteiger partial charge in [0, 0.05) is 6.42 Å². The van der Waals surface area contributed by atoms with Crippen molar-refractivity contribution in [3.05, 3.63) is 29.8 Å². The zero-order valence-electron chi connectivity index (χ0n) is 19.2. The first-order valence-electron chi connectivity index (χ1n) is 11.8. The Hall–Kier alpha value is -1.59. The van der Waals surface area contributed by atoms with Crippen molar-refractivity contribution < 1.29 is 23.7 Å². The molecular formula is C25H42O5. The number of hydrogen-bond donors (Lipinski definition) is 0. The maximum Gasteiger partial charge on any atom is 0.305 e. The van der Waals surface area contributed by atoms with E-state index in [0.717, 1.165) is 18.6 Å². The number of carbonyl (C=O) groups is 1. The van der Waals surface area contributed by atoms with Crippen LogP contribution in [-0.2, 0) is 25.4 Å². The molecule has 5 heteroatoms. The largest absolute Gasteiger partial charge is 0.491 e. The van der Waals surface area contributed by atoms with Crippen LogP contribution in [0.15, 0.2) is 24.3 Å². The third kappa shape index (κ3) is 15.3. The Morgan fingerprint density at radius 2 is 1.30 bits per heavy atom. The second-order valence-corrected chi connectivity index (χ2v) is 7.56. The van der Waals surface area contributed by atoms with Gasteiger partial charge in [0.25, 0.3) is 0 Å². The smallest absolute Gasteiger partial charge is 0.305 e. The summed E-state index contributed by atoms with van der Waals surface area (Å²) in [5.74, 6) is 0.715. The lowest BCUT2D eigenvalue weighted by Gasteiger charge is -2.09. The van der Waals surface area contributed by atoms with E-state index in [4.69, 9.17) is 18.9 Å². The molecule has 172 valence electrons. The Balaban J connectivity index is 1.93.